The van der Waals surface area contributed by atoms with Crippen molar-refractivity contribution in [1.29, 1.82) is 0 Å². The monoisotopic (exact) mass is 384 g/mol. The van der Waals surface area contributed by atoms with Gasteiger partial charge in [-0.3, -0.25) is 19.7 Å². The van der Waals surface area contributed by atoms with Gasteiger partial charge in [-0.05, 0) is 62.9 Å². The molecule has 7 nitrogen and oxygen atoms in total. The quantitative estimate of drug-likeness (QED) is 0.657. The van der Waals surface area contributed by atoms with Gasteiger partial charge in [0.25, 0.3) is 5.91 Å². The molecule has 3 N–H and O–H groups in total. The Morgan fingerprint density at radius 3 is 2.79 bits per heavy atom. The lowest BCUT2D eigenvalue weighted by Gasteiger charge is -2.29. The van der Waals surface area contributed by atoms with Gasteiger partial charge >= 0.3 is 0 Å². The summed E-state index contributed by atoms with van der Waals surface area (Å²) in [6, 6.07) is 5.41. The zero-order valence-corrected chi connectivity index (χ0v) is 16.5. The van der Waals surface area contributed by atoms with Crippen LogP contribution in [0.15, 0.2) is 18.2 Å². The number of nitrogens with zero attached hydrogens (tertiary/aromatic N) is 1. The van der Waals surface area contributed by atoms with Crippen LogP contribution >= 0.6 is 0 Å². The predicted octanol–water partition coefficient (Wildman–Crippen LogP) is 0.925. The van der Waals surface area contributed by atoms with E-state index in [2.05, 4.69) is 29.8 Å². The molecule has 3 heterocycles. The average Bonchev–Trinajstić information content (AvgIpc) is 3.15. The minimum absolute atomic E-state index is 0.118. The van der Waals surface area contributed by atoms with Crippen LogP contribution in [0.25, 0.3) is 0 Å². The van der Waals surface area contributed by atoms with Gasteiger partial charge < -0.3 is 15.5 Å². The van der Waals surface area contributed by atoms with E-state index in [1.165, 1.54) is 0 Å². The molecule has 2 fully saturated rings. The third-order valence-corrected chi connectivity index (χ3v) is 6.02. The van der Waals surface area contributed by atoms with Crippen molar-refractivity contribution in [3.63, 3.8) is 0 Å². The van der Waals surface area contributed by atoms with E-state index >= 15 is 0 Å². The first-order valence-corrected chi connectivity index (χ1v) is 10.0. The minimum Gasteiger partial charge on any atom is -0.322 e. The van der Waals surface area contributed by atoms with E-state index in [0.717, 1.165) is 37.2 Å². The van der Waals surface area contributed by atoms with E-state index < -0.39 is 6.04 Å². The lowest BCUT2D eigenvalue weighted by Crippen LogP contribution is -2.52. The van der Waals surface area contributed by atoms with Crippen molar-refractivity contribution >= 4 is 17.7 Å². The zero-order valence-electron chi connectivity index (χ0n) is 16.5. The second-order valence-electron chi connectivity index (χ2n) is 8.86. The molecule has 3 aliphatic heterocycles. The summed E-state index contributed by atoms with van der Waals surface area (Å²) in [7, 11) is 0. The Labute approximate surface area is 165 Å². The highest BCUT2D eigenvalue weighted by molar-refractivity contribution is 6.05. The number of nitrogens with one attached hydrogen (secondary N) is 3. The lowest BCUT2D eigenvalue weighted by atomic mass is 9.97. The largest absolute Gasteiger partial charge is 0.322 e. The highest BCUT2D eigenvalue weighted by atomic mass is 16.2. The molecule has 28 heavy (non-hydrogen) atoms. The number of fused-ring (bicyclic) bond motifs is 1. The maximum absolute atomic E-state index is 12.9. The average molecular weight is 384 g/mol. The standard InChI is InChI=1S/C21H28N4O3/c1-21(2)8-14(11-23-21)10-22-9-13-3-4-15-12-25(20(28)16(15)7-13)17-5-6-18(26)24-19(17)27/h3-4,7,14,17,22-23H,5-6,8-12H2,1-2H3,(H,24,26,27). The number of hydrogen-bond acceptors (Lipinski definition) is 5. The van der Waals surface area contributed by atoms with Gasteiger partial charge in [0.1, 0.15) is 6.04 Å². The third-order valence-electron chi connectivity index (χ3n) is 6.02. The molecule has 7 heteroatoms. The Morgan fingerprint density at radius 1 is 1.25 bits per heavy atom. The van der Waals surface area contributed by atoms with E-state index in [0.29, 0.717) is 24.4 Å². The van der Waals surface area contributed by atoms with Gasteiger partial charge in [0.15, 0.2) is 0 Å². The SMILES string of the molecule is CC1(C)CC(CNCc2ccc3c(c2)C(=O)N(C2CCC(=O)NC2=O)C3)CN1. The Kier molecular flexibility index (Phi) is 4.97. The summed E-state index contributed by atoms with van der Waals surface area (Å²) in [6.07, 6.45) is 1.83. The molecule has 0 aromatic heterocycles. The normalized spacial score (nSPS) is 26.5. The number of hydrogen-bond donors (Lipinski definition) is 3. The van der Waals surface area contributed by atoms with Crippen LogP contribution in [0, 0.1) is 5.92 Å². The second-order valence-corrected chi connectivity index (χ2v) is 8.86. The molecule has 4 rings (SSSR count). The van der Waals surface area contributed by atoms with Crippen molar-refractivity contribution in [3.05, 3.63) is 34.9 Å². The Bertz CT molecular complexity index is 820. The molecule has 3 amide bonds. The maximum atomic E-state index is 12.9. The summed E-state index contributed by atoms with van der Waals surface area (Å²) in [6.45, 7) is 7.58. The van der Waals surface area contributed by atoms with Crippen molar-refractivity contribution in [1.82, 2.24) is 20.9 Å². The lowest BCUT2D eigenvalue weighted by molar-refractivity contribution is -0.136. The van der Waals surface area contributed by atoms with Gasteiger partial charge in [-0.15, -0.1) is 0 Å². The first-order chi connectivity index (χ1) is 13.3. The Hall–Kier alpha value is -2.25. The fourth-order valence-electron chi connectivity index (χ4n) is 4.56. The number of benzene rings is 1. The number of piperidine rings is 1. The van der Waals surface area contributed by atoms with E-state index in [4.69, 9.17) is 0 Å². The zero-order chi connectivity index (χ0) is 19.9. The summed E-state index contributed by atoms with van der Waals surface area (Å²) in [5.41, 5.74) is 2.90. The first-order valence-electron chi connectivity index (χ1n) is 10.0. The maximum Gasteiger partial charge on any atom is 0.255 e. The van der Waals surface area contributed by atoms with Crippen LogP contribution in [0.1, 0.15) is 54.6 Å². The number of carbonyl (C=O) groups excluding carboxylic acids is 3. The van der Waals surface area contributed by atoms with Crippen molar-refractivity contribution in [2.24, 2.45) is 5.92 Å². The summed E-state index contributed by atoms with van der Waals surface area (Å²) in [5, 5.41) is 9.38. The second kappa shape index (κ2) is 7.29. The van der Waals surface area contributed by atoms with Crippen LogP contribution in [-0.4, -0.2) is 47.3 Å². The van der Waals surface area contributed by atoms with Crippen molar-refractivity contribution in [2.45, 2.75) is 57.8 Å². The molecule has 0 spiro atoms. The van der Waals surface area contributed by atoms with E-state index in [9.17, 15) is 14.4 Å². The smallest absolute Gasteiger partial charge is 0.255 e. The molecule has 3 aliphatic rings. The van der Waals surface area contributed by atoms with Gasteiger partial charge in [-0.1, -0.05) is 12.1 Å². The van der Waals surface area contributed by atoms with Crippen molar-refractivity contribution in [3.8, 4) is 0 Å². The molecule has 150 valence electrons. The van der Waals surface area contributed by atoms with Crippen LogP contribution in [0.3, 0.4) is 0 Å². The summed E-state index contributed by atoms with van der Waals surface area (Å²) in [4.78, 5) is 37.9. The fraction of sp³-hybridized carbons (Fsp3) is 0.571. The summed E-state index contributed by atoms with van der Waals surface area (Å²) >= 11 is 0. The molecule has 2 saturated heterocycles. The van der Waals surface area contributed by atoms with Crippen LogP contribution < -0.4 is 16.0 Å². The molecule has 0 saturated carbocycles. The van der Waals surface area contributed by atoms with E-state index in [1.807, 2.05) is 18.2 Å². The number of carbonyl (C=O) groups is 3. The van der Waals surface area contributed by atoms with Gasteiger partial charge in [-0.25, -0.2) is 0 Å². The summed E-state index contributed by atoms with van der Waals surface area (Å²) in [5.74, 6) is -0.130. The van der Waals surface area contributed by atoms with Crippen LogP contribution in [-0.2, 0) is 22.7 Å². The Morgan fingerprint density at radius 2 is 2.07 bits per heavy atom. The van der Waals surface area contributed by atoms with Crippen LogP contribution in [0.4, 0.5) is 0 Å². The first kappa shape index (κ1) is 19.1. The molecule has 2 unspecified atom stereocenters. The van der Waals surface area contributed by atoms with Crippen LogP contribution in [0.5, 0.6) is 0 Å². The Balaban J connectivity index is 1.36. The number of rotatable bonds is 5. The van der Waals surface area contributed by atoms with Gasteiger partial charge in [0.05, 0.1) is 0 Å². The summed E-state index contributed by atoms with van der Waals surface area (Å²) < 4.78 is 0. The number of imide groups is 1. The highest BCUT2D eigenvalue weighted by Crippen LogP contribution is 2.28. The molecular formula is C21H28N4O3. The topological polar surface area (TPSA) is 90.5 Å². The van der Waals surface area contributed by atoms with Gasteiger partial charge in [0, 0.05) is 30.6 Å². The molecule has 0 radical (unpaired) electrons. The molecular weight excluding hydrogens is 356 g/mol. The highest BCUT2D eigenvalue weighted by Gasteiger charge is 2.39. The van der Waals surface area contributed by atoms with Gasteiger partial charge in [0.2, 0.25) is 11.8 Å². The van der Waals surface area contributed by atoms with Crippen LogP contribution in [0.2, 0.25) is 0 Å². The predicted molar refractivity (Wildman–Crippen MR) is 104 cm³/mol. The van der Waals surface area contributed by atoms with Crippen molar-refractivity contribution < 1.29 is 14.4 Å². The fourth-order valence-corrected chi connectivity index (χ4v) is 4.56. The van der Waals surface area contributed by atoms with E-state index in [-0.39, 0.29) is 29.7 Å². The van der Waals surface area contributed by atoms with E-state index in [1.54, 1.807) is 4.90 Å². The van der Waals surface area contributed by atoms with Gasteiger partial charge in [-0.2, -0.15) is 0 Å². The third kappa shape index (κ3) is 3.82. The molecule has 0 aliphatic carbocycles. The van der Waals surface area contributed by atoms with Crippen molar-refractivity contribution in [2.75, 3.05) is 13.1 Å². The molecule has 1 aromatic rings. The molecule has 0 bridgehead atoms. The molecule has 1 aromatic carbocycles. The molecule has 2 atom stereocenters. The number of amides is 3. The minimum atomic E-state index is -0.558.